The summed E-state index contributed by atoms with van der Waals surface area (Å²) in [5.41, 5.74) is 0.461. The summed E-state index contributed by atoms with van der Waals surface area (Å²) in [6.45, 7) is 4.57. The molecule has 6 heteroatoms. The number of carbonyl (C=O) groups is 2. The summed E-state index contributed by atoms with van der Waals surface area (Å²) in [6, 6.07) is 3.43. The van der Waals surface area contributed by atoms with Gasteiger partial charge in [0.25, 0.3) is 5.91 Å². The summed E-state index contributed by atoms with van der Waals surface area (Å²) < 4.78 is 5.94. The third kappa shape index (κ3) is 3.32. The van der Waals surface area contributed by atoms with Crippen molar-refractivity contribution < 1.29 is 14.3 Å². The quantitative estimate of drug-likeness (QED) is 0.816. The van der Waals surface area contributed by atoms with Crippen molar-refractivity contribution in [3.63, 3.8) is 0 Å². The van der Waals surface area contributed by atoms with Crippen LogP contribution in [0.4, 0.5) is 0 Å². The molecule has 2 amide bonds. The van der Waals surface area contributed by atoms with Gasteiger partial charge in [-0.3, -0.25) is 9.59 Å². The van der Waals surface area contributed by atoms with Crippen molar-refractivity contribution in [2.75, 3.05) is 27.2 Å². The highest BCUT2D eigenvalue weighted by atomic mass is 16.5. The number of likely N-dealkylation sites (N-methyl/N-ethyl adjacent to an activating group) is 1. The zero-order valence-electron chi connectivity index (χ0n) is 12.9. The van der Waals surface area contributed by atoms with E-state index >= 15 is 0 Å². The van der Waals surface area contributed by atoms with Gasteiger partial charge in [-0.1, -0.05) is 6.92 Å². The molecule has 114 valence electrons. The lowest BCUT2D eigenvalue weighted by molar-refractivity contribution is -0.129. The van der Waals surface area contributed by atoms with Gasteiger partial charge in [-0.05, 0) is 12.1 Å². The number of hydrogen-bond acceptors (Lipinski definition) is 4. The molecule has 0 radical (unpaired) electrons. The second kappa shape index (κ2) is 6.11. The zero-order valence-corrected chi connectivity index (χ0v) is 12.9. The molecule has 0 bridgehead atoms. The van der Waals surface area contributed by atoms with Gasteiger partial charge in [0, 0.05) is 39.7 Å². The fourth-order valence-electron chi connectivity index (χ4n) is 2.36. The van der Waals surface area contributed by atoms with Crippen molar-refractivity contribution >= 4 is 11.8 Å². The number of rotatable bonds is 2. The third-order valence-electron chi connectivity index (χ3n) is 3.80. The van der Waals surface area contributed by atoms with Crippen molar-refractivity contribution in [3.8, 4) is 5.88 Å². The van der Waals surface area contributed by atoms with Crippen molar-refractivity contribution in [3.05, 3.63) is 23.9 Å². The van der Waals surface area contributed by atoms with Crippen molar-refractivity contribution in [2.45, 2.75) is 20.0 Å². The summed E-state index contributed by atoms with van der Waals surface area (Å²) in [4.78, 5) is 31.2. The van der Waals surface area contributed by atoms with E-state index in [1.54, 1.807) is 42.2 Å². The highest BCUT2D eigenvalue weighted by Crippen LogP contribution is 2.24. The van der Waals surface area contributed by atoms with Gasteiger partial charge in [-0.2, -0.15) is 0 Å². The Labute approximate surface area is 124 Å². The predicted octanol–water partition coefficient (Wildman–Crippen LogP) is 1.03. The van der Waals surface area contributed by atoms with Gasteiger partial charge >= 0.3 is 0 Å². The highest BCUT2D eigenvalue weighted by Gasteiger charge is 2.30. The van der Waals surface area contributed by atoms with E-state index in [0.717, 1.165) is 0 Å². The molecule has 6 nitrogen and oxygen atoms in total. The van der Waals surface area contributed by atoms with Gasteiger partial charge in [-0.25, -0.2) is 4.98 Å². The lowest BCUT2D eigenvalue weighted by atomic mass is 10.0. The maximum Gasteiger partial charge on any atom is 0.259 e. The fourth-order valence-corrected chi connectivity index (χ4v) is 2.36. The molecule has 2 rings (SSSR count). The minimum absolute atomic E-state index is 0.0152. The Bertz CT molecular complexity index is 547. The minimum atomic E-state index is -0.205. The molecule has 0 saturated heterocycles. The van der Waals surface area contributed by atoms with Crippen LogP contribution in [-0.4, -0.2) is 59.9 Å². The molecule has 1 aromatic rings. The average Bonchev–Trinajstić information content (AvgIpc) is 2.45. The largest absolute Gasteiger partial charge is 0.472 e. The first kappa shape index (κ1) is 15.3. The number of carbonyl (C=O) groups excluding carboxylic acids is 2. The van der Waals surface area contributed by atoms with Crippen LogP contribution in [-0.2, 0) is 4.79 Å². The monoisotopic (exact) mass is 291 g/mol. The number of fused-ring (bicyclic) bond motifs is 1. The van der Waals surface area contributed by atoms with Gasteiger partial charge in [0.1, 0.15) is 11.7 Å². The average molecular weight is 291 g/mol. The van der Waals surface area contributed by atoms with E-state index in [-0.39, 0.29) is 23.8 Å². The first-order chi connectivity index (χ1) is 9.90. The number of ether oxygens (including phenoxy) is 1. The molecule has 0 spiro atoms. The van der Waals surface area contributed by atoms with Gasteiger partial charge in [-0.15, -0.1) is 0 Å². The van der Waals surface area contributed by atoms with E-state index in [0.29, 0.717) is 24.5 Å². The van der Waals surface area contributed by atoms with Gasteiger partial charge < -0.3 is 14.5 Å². The Kier molecular flexibility index (Phi) is 4.45. The summed E-state index contributed by atoms with van der Waals surface area (Å²) in [7, 11) is 3.51. The van der Waals surface area contributed by atoms with E-state index in [2.05, 4.69) is 4.98 Å². The van der Waals surface area contributed by atoms with E-state index in [9.17, 15) is 9.59 Å². The van der Waals surface area contributed by atoms with Crippen LogP contribution in [0.2, 0.25) is 0 Å². The van der Waals surface area contributed by atoms with Crippen LogP contribution in [0.1, 0.15) is 24.2 Å². The Morgan fingerprint density at radius 2 is 2.29 bits per heavy atom. The molecular formula is C15H21N3O3. The zero-order chi connectivity index (χ0) is 15.6. The molecule has 2 heterocycles. The Morgan fingerprint density at radius 1 is 1.57 bits per heavy atom. The summed E-state index contributed by atoms with van der Waals surface area (Å²) >= 11 is 0. The molecule has 0 fully saturated rings. The van der Waals surface area contributed by atoms with Gasteiger partial charge in [0.2, 0.25) is 11.8 Å². The van der Waals surface area contributed by atoms with Gasteiger partial charge in [0.15, 0.2) is 0 Å². The lowest BCUT2D eigenvalue weighted by Crippen LogP contribution is -2.46. The van der Waals surface area contributed by atoms with Crippen LogP contribution in [0, 0.1) is 5.92 Å². The number of hydrogen-bond donors (Lipinski definition) is 0. The van der Waals surface area contributed by atoms with Gasteiger partial charge in [0.05, 0.1) is 6.54 Å². The smallest absolute Gasteiger partial charge is 0.259 e. The summed E-state index contributed by atoms with van der Waals surface area (Å²) in [5, 5.41) is 0. The summed E-state index contributed by atoms with van der Waals surface area (Å²) in [5.74, 6) is 0.320. The molecule has 2 atom stereocenters. The maximum absolute atomic E-state index is 12.3. The van der Waals surface area contributed by atoms with Crippen molar-refractivity contribution in [1.29, 1.82) is 0 Å². The number of pyridine rings is 1. The van der Waals surface area contributed by atoms with E-state index in [4.69, 9.17) is 4.74 Å². The number of nitrogens with zero attached hydrogens (tertiary/aromatic N) is 3. The summed E-state index contributed by atoms with van der Waals surface area (Å²) in [6.07, 6.45) is 1.40. The van der Waals surface area contributed by atoms with E-state index < -0.39 is 0 Å². The molecular weight excluding hydrogens is 270 g/mol. The predicted molar refractivity (Wildman–Crippen MR) is 78.1 cm³/mol. The molecule has 0 N–H and O–H groups in total. The topological polar surface area (TPSA) is 62.7 Å². The highest BCUT2D eigenvalue weighted by molar-refractivity contribution is 5.96. The van der Waals surface area contributed by atoms with Crippen LogP contribution < -0.4 is 4.74 Å². The van der Waals surface area contributed by atoms with Crippen molar-refractivity contribution in [2.24, 2.45) is 5.92 Å². The third-order valence-corrected chi connectivity index (χ3v) is 3.80. The second-order valence-corrected chi connectivity index (χ2v) is 5.57. The Morgan fingerprint density at radius 3 is 2.95 bits per heavy atom. The van der Waals surface area contributed by atoms with Crippen LogP contribution in [0.25, 0.3) is 0 Å². The van der Waals surface area contributed by atoms with Crippen LogP contribution in [0.15, 0.2) is 18.3 Å². The number of amides is 2. The molecule has 1 aliphatic rings. The minimum Gasteiger partial charge on any atom is -0.472 e. The first-order valence-corrected chi connectivity index (χ1v) is 6.99. The number of aromatic nitrogens is 1. The van der Waals surface area contributed by atoms with Crippen LogP contribution in [0.5, 0.6) is 5.88 Å². The Balaban J connectivity index is 2.31. The van der Waals surface area contributed by atoms with Crippen molar-refractivity contribution in [1.82, 2.24) is 14.8 Å². The SMILES string of the molecule is CC(=O)N(C)C[C@H]1Oc2ncccc2C(=O)N(C)C[C@H]1C. The van der Waals surface area contributed by atoms with E-state index in [1.165, 1.54) is 6.92 Å². The van der Waals surface area contributed by atoms with Crippen LogP contribution >= 0.6 is 0 Å². The molecule has 0 unspecified atom stereocenters. The lowest BCUT2D eigenvalue weighted by Gasteiger charge is -2.33. The molecule has 1 aliphatic heterocycles. The second-order valence-electron chi connectivity index (χ2n) is 5.57. The normalized spacial score (nSPS) is 21.9. The standard InChI is InChI=1S/C15H21N3O3/c1-10-8-18(4)15(20)12-6-5-7-16-14(12)21-13(10)9-17(3)11(2)19/h5-7,10,13H,8-9H2,1-4H3/t10-,13-/m1/s1. The maximum atomic E-state index is 12.3. The van der Waals surface area contributed by atoms with Crippen LogP contribution in [0.3, 0.4) is 0 Å². The molecule has 0 aliphatic carbocycles. The molecule has 0 saturated carbocycles. The van der Waals surface area contributed by atoms with E-state index in [1.807, 2.05) is 6.92 Å². The molecule has 21 heavy (non-hydrogen) atoms. The fraction of sp³-hybridized carbons (Fsp3) is 0.533. The molecule has 1 aromatic heterocycles. The first-order valence-electron chi connectivity index (χ1n) is 6.99. The Hall–Kier alpha value is -2.11. The molecule has 0 aromatic carbocycles.